The summed E-state index contributed by atoms with van der Waals surface area (Å²) in [5, 5.41) is 0. The van der Waals surface area contributed by atoms with Crippen molar-refractivity contribution in [2.24, 2.45) is 0 Å². The Balaban J connectivity index is 0. The predicted octanol–water partition coefficient (Wildman–Crippen LogP) is 0.913. The van der Waals surface area contributed by atoms with E-state index in [9.17, 15) is 0 Å². The molecular weight excluding hydrogens is 200 g/mol. The van der Waals surface area contributed by atoms with Crippen LogP contribution in [0.5, 0.6) is 0 Å². The summed E-state index contributed by atoms with van der Waals surface area (Å²) in [5.41, 5.74) is 0. The van der Waals surface area contributed by atoms with Crippen LogP contribution in [0, 0.1) is 0 Å². The number of hydrogen-bond acceptors (Lipinski definition) is 2. The molecule has 0 saturated heterocycles. The van der Waals surface area contributed by atoms with E-state index in [1.54, 1.807) is 0 Å². The molecule has 0 rings (SSSR count). The molecule has 0 aliphatic carbocycles. The van der Waals surface area contributed by atoms with Gasteiger partial charge in [0.25, 0.3) is 0 Å². The zero-order valence-electron chi connectivity index (χ0n) is 1.93. The van der Waals surface area contributed by atoms with Crippen LogP contribution in [0.25, 0.3) is 0 Å². The van der Waals surface area contributed by atoms with Crippen LogP contribution < -0.4 is 0 Å². The third-order valence-corrected chi connectivity index (χ3v) is 0. The van der Waals surface area contributed by atoms with E-state index in [0.29, 0.717) is 0 Å². The predicted molar refractivity (Wildman–Crippen MR) is 20.9 cm³/mol. The van der Waals surface area contributed by atoms with E-state index in [4.69, 9.17) is 0 Å². The van der Waals surface area contributed by atoms with Crippen molar-refractivity contribution in [3.8, 4) is 0 Å². The van der Waals surface area contributed by atoms with Crippen molar-refractivity contribution in [3.05, 3.63) is 0 Å². The van der Waals surface area contributed by atoms with E-state index in [1.165, 1.54) is 0 Å². The maximum absolute atomic E-state index is 4.34. The SMILES string of the molecule is [Ca].[S]=[Mo]=[S]. The molecule has 4 heteroatoms. The summed E-state index contributed by atoms with van der Waals surface area (Å²) >= 11 is -0.363. The Kier molecular flexibility index (Phi) is 21.8. The molecule has 0 fully saturated rings. The van der Waals surface area contributed by atoms with E-state index < -0.39 is 0 Å². The van der Waals surface area contributed by atoms with Gasteiger partial charge in [-0.05, 0) is 0 Å². The molecule has 0 heterocycles. The van der Waals surface area contributed by atoms with Crippen LogP contribution in [0.2, 0.25) is 0 Å². The summed E-state index contributed by atoms with van der Waals surface area (Å²) in [6.45, 7) is 0. The molecule has 0 aliphatic heterocycles. The fourth-order valence-electron chi connectivity index (χ4n) is 0. The first-order valence-corrected chi connectivity index (χ1v) is 5.92. The minimum absolute atomic E-state index is 0. The summed E-state index contributed by atoms with van der Waals surface area (Å²) in [6.07, 6.45) is 0. The van der Waals surface area contributed by atoms with Gasteiger partial charge < -0.3 is 0 Å². The van der Waals surface area contributed by atoms with E-state index in [-0.39, 0.29) is 52.7 Å². The third kappa shape index (κ3) is 8.83. The molecule has 0 aliphatic rings. The average molecular weight is 200 g/mol. The van der Waals surface area contributed by atoms with Crippen molar-refractivity contribution in [2.45, 2.75) is 0 Å². The second-order valence-electron chi connectivity index (χ2n) is 0.0680. The molecule has 0 N–H and O–H groups in total. The first-order chi connectivity index (χ1) is 1.41. The Hall–Kier alpha value is 2.39. The van der Waals surface area contributed by atoms with E-state index in [0.717, 1.165) is 0 Å². The minimum atomic E-state index is -0.363. The second kappa shape index (κ2) is 9.04. The first kappa shape index (κ1) is 9.63. The molecule has 0 saturated carbocycles. The number of hydrogen-bond donors (Lipinski definition) is 0. The molecule has 0 aromatic carbocycles. The molecule has 0 amide bonds. The van der Waals surface area contributed by atoms with Gasteiger partial charge in [0.05, 0.1) is 0 Å². The second-order valence-corrected chi connectivity index (χ2v) is 3.62. The van der Waals surface area contributed by atoms with Gasteiger partial charge in [-0.1, -0.05) is 0 Å². The molecular formula is CaMoS2. The maximum atomic E-state index is 4.34. The van der Waals surface area contributed by atoms with Crippen molar-refractivity contribution < 1.29 is 14.9 Å². The number of rotatable bonds is 0. The zero-order chi connectivity index (χ0) is 2.71. The van der Waals surface area contributed by atoms with Crippen LogP contribution in [-0.4, -0.2) is 37.7 Å². The van der Waals surface area contributed by atoms with E-state index >= 15 is 0 Å². The Morgan fingerprint density at radius 2 is 1.25 bits per heavy atom. The topological polar surface area (TPSA) is 0 Å². The molecule has 2 radical (unpaired) electrons. The summed E-state index contributed by atoms with van der Waals surface area (Å²) in [6, 6.07) is 0. The average Bonchev–Trinajstić information content (AvgIpc) is 0.918. The van der Waals surface area contributed by atoms with Crippen LogP contribution in [0.3, 0.4) is 0 Å². The van der Waals surface area contributed by atoms with Gasteiger partial charge in [-0.15, -0.1) is 0 Å². The first-order valence-electron chi connectivity index (χ1n) is 0.333. The Morgan fingerprint density at radius 3 is 1.25 bits per heavy atom. The molecule has 0 bridgehead atoms. The van der Waals surface area contributed by atoms with Crippen molar-refractivity contribution in [1.29, 1.82) is 0 Å². The van der Waals surface area contributed by atoms with Gasteiger partial charge in [-0.3, -0.25) is 0 Å². The fourth-order valence-corrected chi connectivity index (χ4v) is 0. The van der Waals surface area contributed by atoms with Crippen LogP contribution in [-0.2, 0) is 14.9 Å². The van der Waals surface area contributed by atoms with Gasteiger partial charge >= 0.3 is 34.6 Å². The summed E-state index contributed by atoms with van der Waals surface area (Å²) in [4.78, 5) is 0. The quantitative estimate of drug-likeness (QED) is 0.533. The Bertz CT molecular complexity index is 27.0. The van der Waals surface area contributed by atoms with E-state index in [1.807, 2.05) is 0 Å². The Labute approximate surface area is 70.8 Å². The molecule has 0 atom stereocenters. The molecule has 0 nitrogen and oxygen atoms in total. The standard InChI is InChI=1S/Ca.Mo.2S. The monoisotopic (exact) mass is 202 g/mol. The fraction of sp³-hybridized carbons (Fsp3) is 0. The van der Waals surface area contributed by atoms with Crippen molar-refractivity contribution in [3.63, 3.8) is 0 Å². The van der Waals surface area contributed by atoms with Crippen molar-refractivity contribution in [1.82, 2.24) is 0 Å². The molecule has 0 aromatic rings. The van der Waals surface area contributed by atoms with Gasteiger partial charge in [0.2, 0.25) is 0 Å². The van der Waals surface area contributed by atoms with Crippen LogP contribution in [0.4, 0.5) is 0 Å². The van der Waals surface area contributed by atoms with Gasteiger partial charge in [0, 0.05) is 37.7 Å². The zero-order valence-corrected chi connectivity index (χ0v) is 7.78. The van der Waals surface area contributed by atoms with Gasteiger partial charge in [-0.2, -0.15) is 0 Å². The van der Waals surface area contributed by atoms with Gasteiger partial charge in [-0.25, -0.2) is 0 Å². The summed E-state index contributed by atoms with van der Waals surface area (Å²) < 4.78 is 0. The Morgan fingerprint density at radius 1 is 1.25 bits per heavy atom. The summed E-state index contributed by atoms with van der Waals surface area (Å²) in [7, 11) is 8.68. The van der Waals surface area contributed by atoms with Gasteiger partial charge in [0.15, 0.2) is 0 Å². The molecule has 0 spiro atoms. The van der Waals surface area contributed by atoms with Crippen LogP contribution in [0.1, 0.15) is 0 Å². The molecule has 4 heavy (non-hydrogen) atoms. The molecule has 0 unspecified atom stereocenters. The molecule has 0 aromatic heterocycles. The van der Waals surface area contributed by atoms with Crippen molar-refractivity contribution in [2.75, 3.05) is 0 Å². The normalized spacial score (nSPS) is 3.00. The third-order valence-electron chi connectivity index (χ3n) is 0. The van der Waals surface area contributed by atoms with Crippen LogP contribution in [0.15, 0.2) is 0 Å². The van der Waals surface area contributed by atoms with E-state index in [2.05, 4.69) is 19.6 Å². The van der Waals surface area contributed by atoms with Gasteiger partial charge in [0.1, 0.15) is 0 Å². The summed E-state index contributed by atoms with van der Waals surface area (Å²) in [5.74, 6) is 0. The van der Waals surface area contributed by atoms with Crippen molar-refractivity contribution >= 4 is 57.4 Å². The molecule has 20 valence electrons. The van der Waals surface area contributed by atoms with Crippen LogP contribution >= 0.6 is 19.6 Å².